The zero-order valence-electron chi connectivity index (χ0n) is 10.3. The lowest BCUT2D eigenvalue weighted by molar-refractivity contribution is 0.351. The molecule has 88 valence electrons. The zero-order valence-corrected chi connectivity index (χ0v) is 10.3. The molecular formula is C15H23N. The molecule has 0 radical (unpaired) electrons. The predicted molar refractivity (Wildman–Crippen MR) is 69.7 cm³/mol. The summed E-state index contributed by atoms with van der Waals surface area (Å²) in [4.78, 5) is 0. The Morgan fingerprint density at radius 3 is 3.06 bits per heavy atom. The van der Waals surface area contributed by atoms with Crippen molar-refractivity contribution in [3.8, 4) is 0 Å². The van der Waals surface area contributed by atoms with Crippen molar-refractivity contribution in [3.05, 3.63) is 35.4 Å². The summed E-state index contributed by atoms with van der Waals surface area (Å²) in [6.45, 7) is 4.65. The number of hydrogen-bond acceptors (Lipinski definition) is 1. The summed E-state index contributed by atoms with van der Waals surface area (Å²) in [5.41, 5.74) is 2.89. The van der Waals surface area contributed by atoms with Crippen LogP contribution in [-0.2, 0) is 6.42 Å². The van der Waals surface area contributed by atoms with E-state index in [9.17, 15) is 0 Å². The lowest BCUT2D eigenvalue weighted by Crippen LogP contribution is -2.29. The maximum Gasteiger partial charge on any atom is -0.00205 e. The second-order valence-corrected chi connectivity index (χ2v) is 5.09. The van der Waals surface area contributed by atoms with Crippen LogP contribution in [0.1, 0.15) is 36.8 Å². The molecule has 0 amide bonds. The molecule has 1 aromatic carbocycles. The maximum absolute atomic E-state index is 3.49. The van der Waals surface area contributed by atoms with Crippen LogP contribution in [0, 0.1) is 12.8 Å². The first-order valence-corrected chi connectivity index (χ1v) is 6.61. The van der Waals surface area contributed by atoms with Crippen LogP contribution in [0.2, 0.25) is 0 Å². The van der Waals surface area contributed by atoms with Gasteiger partial charge < -0.3 is 5.32 Å². The van der Waals surface area contributed by atoms with Gasteiger partial charge in [0, 0.05) is 0 Å². The summed E-state index contributed by atoms with van der Waals surface area (Å²) >= 11 is 0. The standard InChI is InChI=1S/C15H23N/c1-13-5-2-6-14(11-13)7-3-8-15-9-4-10-16-12-15/h2,5-6,11,15-16H,3-4,7-10,12H2,1H3. The lowest BCUT2D eigenvalue weighted by atomic mass is 9.93. The second-order valence-electron chi connectivity index (χ2n) is 5.09. The molecule has 0 saturated carbocycles. The van der Waals surface area contributed by atoms with E-state index < -0.39 is 0 Å². The van der Waals surface area contributed by atoms with E-state index in [1.807, 2.05) is 0 Å². The molecule has 0 spiro atoms. The summed E-state index contributed by atoms with van der Waals surface area (Å²) in [6, 6.07) is 8.92. The highest BCUT2D eigenvalue weighted by Gasteiger charge is 2.11. The summed E-state index contributed by atoms with van der Waals surface area (Å²) in [6.07, 6.45) is 6.78. The molecule has 16 heavy (non-hydrogen) atoms. The monoisotopic (exact) mass is 217 g/mol. The SMILES string of the molecule is Cc1cccc(CCCC2CCCNC2)c1. The van der Waals surface area contributed by atoms with E-state index >= 15 is 0 Å². The van der Waals surface area contributed by atoms with Crippen LogP contribution < -0.4 is 5.32 Å². The Morgan fingerprint density at radius 2 is 2.31 bits per heavy atom. The molecule has 1 heteroatoms. The van der Waals surface area contributed by atoms with Crippen molar-refractivity contribution < 1.29 is 0 Å². The van der Waals surface area contributed by atoms with Gasteiger partial charge in [0.1, 0.15) is 0 Å². The van der Waals surface area contributed by atoms with Gasteiger partial charge in [0.05, 0.1) is 0 Å². The van der Waals surface area contributed by atoms with Gasteiger partial charge in [-0.05, 0) is 63.6 Å². The molecule has 1 heterocycles. The van der Waals surface area contributed by atoms with Crippen molar-refractivity contribution in [1.82, 2.24) is 5.32 Å². The van der Waals surface area contributed by atoms with Crippen molar-refractivity contribution >= 4 is 0 Å². The van der Waals surface area contributed by atoms with Crippen LogP contribution in [0.15, 0.2) is 24.3 Å². The molecular weight excluding hydrogens is 194 g/mol. The van der Waals surface area contributed by atoms with Crippen LogP contribution >= 0.6 is 0 Å². The highest BCUT2D eigenvalue weighted by atomic mass is 14.9. The first kappa shape index (κ1) is 11.7. The number of nitrogens with one attached hydrogen (secondary N) is 1. The fraction of sp³-hybridized carbons (Fsp3) is 0.600. The van der Waals surface area contributed by atoms with Crippen molar-refractivity contribution in [3.63, 3.8) is 0 Å². The van der Waals surface area contributed by atoms with Crippen LogP contribution in [0.5, 0.6) is 0 Å². The largest absolute Gasteiger partial charge is 0.316 e. The molecule has 2 rings (SSSR count). The predicted octanol–water partition coefficient (Wildman–Crippen LogP) is 3.32. The van der Waals surface area contributed by atoms with E-state index in [0.29, 0.717) is 0 Å². The van der Waals surface area contributed by atoms with E-state index in [0.717, 1.165) is 5.92 Å². The molecule has 0 aliphatic carbocycles. The molecule has 1 unspecified atom stereocenters. The zero-order chi connectivity index (χ0) is 11.2. The molecule has 1 N–H and O–H groups in total. The Bertz CT molecular complexity index is 313. The topological polar surface area (TPSA) is 12.0 Å². The molecule has 1 aliphatic rings. The first-order valence-electron chi connectivity index (χ1n) is 6.61. The number of benzene rings is 1. The highest BCUT2D eigenvalue weighted by Crippen LogP contribution is 2.17. The number of piperidine rings is 1. The van der Waals surface area contributed by atoms with E-state index in [1.54, 1.807) is 0 Å². The van der Waals surface area contributed by atoms with Gasteiger partial charge in [-0.2, -0.15) is 0 Å². The minimum Gasteiger partial charge on any atom is -0.316 e. The molecule has 1 atom stereocenters. The van der Waals surface area contributed by atoms with Gasteiger partial charge in [-0.25, -0.2) is 0 Å². The third-order valence-corrected chi connectivity index (χ3v) is 3.56. The Morgan fingerprint density at radius 1 is 1.38 bits per heavy atom. The first-order chi connectivity index (χ1) is 7.84. The third kappa shape index (κ3) is 3.64. The van der Waals surface area contributed by atoms with Gasteiger partial charge in [0.25, 0.3) is 0 Å². The number of aryl methyl sites for hydroxylation is 2. The quantitative estimate of drug-likeness (QED) is 0.816. The lowest BCUT2D eigenvalue weighted by Gasteiger charge is -2.22. The molecule has 1 nitrogen and oxygen atoms in total. The van der Waals surface area contributed by atoms with Gasteiger partial charge in [0.15, 0.2) is 0 Å². The van der Waals surface area contributed by atoms with E-state index in [2.05, 4.69) is 36.5 Å². The van der Waals surface area contributed by atoms with Crippen LogP contribution in [0.4, 0.5) is 0 Å². The van der Waals surface area contributed by atoms with Crippen molar-refractivity contribution in [2.24, 2.45) is 5.92 Å². The minimum absolute atomic E-state index is 0.929. The second kappa shape index (κ2) is 6.05. The molecule has 1 saturated heterocycles. The summed E-state index contributed by atoms with van der Waals surface area (Å²) in [7, 11) is 0. The Kier molecular flexibility index (Phi) is 4.41. The van der Waals surface area contributed by atoms with Gasteiger partial charge in [-0.1, -0.05) is 29.8 Å². The summed E-state index contributed by atoms with van der Waals surface area (Å²) < 4.78 is 0. The average Bonchev–Trinajstić information content (AvgIpc) is 2.30. The van der Waals surface area contributed by atoms with Crippen molar-refractivity contribution in [2.75, 3.05) is 13.1 Å². The van der Waals surface area contributed by atoms with Crippen LogP contribution in [-0.4, -0.2) is 13.1 Å². The molecule has 1 aromatic rings. The van der Waals surface area contributed by atoms with E-state index in [4.69, 9.17) is 0 Å². The number of hydrogen-bond donors (Lipinski definition) is 1. The fourth-order valence-electron chi connectivity index (χ4n) is 2.63. The van der Waals surface area contributed by atoms with E-state index in [1.165, 1.54) is 56.3 Å². The van der Waals surface area contributed by atoms with Crippen molar-refractivity contribution in [1.29, 1.82) is 0 Å². The Hall–Kier alpha value is -0.820. The van der Waals surface area contributed by atoms with Crippen LogP contribution in [0.3, 0.4) is 0 Å². The van der Waals surface area contributed by atoms with E-state index in [-0.39, 0.29) is 0 Å². The average molecular weight is 217 g/mol. The van der Waals surface area contributed by atoms with Gasteiger partial charge in [0.2, 0.25) is 0 Å². The van der Waals surface area contributed by atoms with Crippen molar-refractivity contribution in [2.45, 2.75) is 39.0 Å². The maximum atomic E-state index is 3.49. The van der Waals surface area contributed by atoms with Gasteiger partial charge >= 0.3 is 0 Å². The minimum atomic E-state index is 0.929. The summed E-state index contributed by atoms with van der Waals surface area (Å²) in [5.74, 6) is 0.929. The molecule has 1 aliphatic heterocycles. The normalized spacial score (nSPS) is 20.9. The summed E-state index contributed by atoms with van der Waals surface area (Å²) in [5, 5.41) is 3.49. The molecule has 0 aromatic heterocycles. The Balaban J connectivity index is 1.71. The Labute approximate surface area is 99.3 Å². The highest BCUT2D eigenvalue weighted by molar-refractivity contribution is 5.22. The molecule has 0 bridgehead atoms. The van der Waals surface area contributed by atoms with Crippen LogP contribution in [0.25, 0.3) is 0 Å². The fourth-order valence-corrected chi connectivity index (χ4v) is 2.63. The van der Waals surface area contributed by atoms with Gasteiger partial charge in [-0.15, -0.1) is 0 Å². The third-order valence-electron chi connectivity index (χ3n) is 3.56. The smallest absolute Gasteiger partial charge is 0.00205 e. The number of rotatable bonds is 4. The van der Waals surface area contributed by atoms with Gasteiger partial charge in [-0.3, -0.25) is 0 Å². The molecule has 1 fully saturated rings.